The maximum Gasteiger partial charge on any atom is 0.257 e. The number of nitrogens with zero attached hydrogens (tertiary/aromatic N) is 1. The number of rotatable bonds is 5. The molecule has 1 N–H and O–H groups in total. The zero-order valence-corrected chi connectivity index (χ0v) is 16.7. The van der Waals surface area contributed by atoms with Crippen molar-refractivity contribution in [2.24, 2.45) is 0 Å². The molecule has 0 aliphatic carbocycles. The molecule has 4 rings (SSSR count). The Morgan fingerprint density at radius 3 is 2.82 bits per heavy atom. The molecule has 1 amide bonds. The van der Waals surface area contributed by atoms with Crippen LogP contribution >= 0.6 is 11.3 Å². The van der Waals surface area contributed by atoms with Crippen LogP contribution in [-0.2, 0) is 0 Å². The summed E-state index contributed by atoms with van der Waals surface area (Å²) in [5.41, 5.74) is 4.18. The summed E-state index contributed by atoms with van der Waals surface area (Å²) in [6.07, 6.45) is 0. The van der Waals surface area contributed by atoms with Gasteiger partial charge in [-0.15, -0.1) is 11.3 Å². The smallest absolute Gasteiger partial charge is 0.257 e. The van der Waals surface area contributed by atoms with Crippen molar-refractivity contribution in [2.45, 2.75) is 20.8 Å². The number of aryl methyl sites for hydroxylation is 2. The molecule has 28 heavy (non-hydrogen) atoms. The van der Waals surface area contributed by atoms with Crippen LogP contribution in [0, 0.1) is 13.8 Å². The number of thiazole rings is 1. The van der Waals surface area contributed by atoms with Crippen molar-refractivity contribution < 1.29 is 13.9 Å². The fourth-order valence-electron chi connectivity index (χ4n) is 3.08. The molecule has 4 aromatic rings. The third kappa shape index (κ3) is 3.64. The average molecular weight is 392 g/mol. The van der Waals surface area contributed by atoms with E-state index in [0.717, 1.165) is 27.8 Å². The number of ether oxygens (including phenoxy) is 1. The van der Waals surface area contributed by atoms with Crippen LogP contribution in [-0.4, -0.2) is 17.5 Å². The number of amides is 1. The topological polar surface area (TPSA) is 64.4 Å². The first kappa shape index (κ1) is 18.3. The second-order valence-corrected chi connectivity index (χ2v) is 7.41. The van der Waals surface area contributed by atoms with Gasteiger partial charge in [0.1, 0.15) is 17.0 Å². The Hall–Kier alpha value is -3.12. The first-order valence-electron chi connectivity index (χ1n) is 9.04. The minimum Gasteiger partial charge on any atom is -0.494 e. The Morgan fingerprint density at radius 1 is 1.18 bits per heavy atom. The van der Waals surface area contributed by atoms with E-state index in [2.05, 4.69) is 10.3 Å². The number of hydrogen-bond acceptors (Lipinski definition) is 5. The fraction of sp³-hybridized carbons (Fsp3) is 0.182. The van der Waals surface area contributed by atoms with Gasteiger partial charge in [-0.3, -0.25) is 10.1 Å². The van der Waals surface area contributed by atoms with Crippen molar-refractivity contribution in [1.29, 1.82) is 0 Å². The highest BCUT2D eigenvalue weighted by Gasteiger charge is 2.14. The molecule has 0 radical (unpaired) electrons. The zero-order valence-electron chi connectivity index (χ0n) is 15.9. The molecule has 5 nitrogen and oxygen atoms in total. The molecule has 0 atom stereocenters. The monoisotopic (exact) mass is 392 g/mol. The lowest BCUT2D eigenvalue weighted by Gasteiger charge is -2.06. The van der Waals surface area contributed by atoms with Gasteiger partial charge in [-0.1, -0.05) is 17.7 Å². The number of carbonyl (C=O) groups is 1. The van der Waals surface area contributed by atoms with Crippen molar-refractivity contribution in [1.82, 2.24) is 4.98 Å². The van der Waals surface area contributed by atoms with Gasteiger partial charge >= 0.3 is 0 Å². The molecule has 0 bridgehead atoms. The van der Waals surface area contributed by atoms with Crippen molar-refractivity contribution in [3.63, 3.8) is 0 Å². The first-order valence-corrected chi connectivity index (χ1v) is 9.92. The zero-order chi connectivity index (χ0) is 19.7. The second-order valence-electron chi connectivity index (χ2n) is 6.55. The summed E-state index contributed by atoms with van der Waals surface area (Å²) >= 11 is 1.37. The molecule has 0 unspecified atom stereocenters. The van der Waals surface area contributed by atoms with E-state index < -0.39 is 0 Å². The Morgan fingerprint density at radius 2 is 2.04 bits per heavy atom. The van der Waals surface area contributed by atoms with Gasteiger partial charge < -0.3 is 9.15 Å². The van der Waals surface area contributed by atoms with Crippen molar-refractivity contribution in [3.05, 3.63) is 64.5 Å². The summed E-state index contributed by atoms with van der Waals surface area (Å²) in [5.74, 6) is 1.30. The molecule has 142 valence electrons. The van der Waals surface area contributed by atoms with E-state index in [0.29, 0.717) is 28.8 Å². The Kier molecular flexibility index (Phi) is 4.88. The number of carbonyl (C=O) groups excluding carboxylic acids is 1. The molecule has 0 spiro atoms. The van der Waals surface area contributed by atoms with Gasteiger partial charge in [-0.25, -0.2) is 4.98 Å². The number of aromatic nitrogens is 1. The highest BCUT2D eigenvalue weighted by atomic mass is 32.1. The lowest BCUT2D eigenvalue weighted by atomic mass is 10.1. The average Bonchev–Trinajstić information content (AvgIpc) is 3.28. The van der Waals surface area contributed by atoms with Crippen LogP contribution in [0.25, 0.3) is 22.4 Å². The predicted molar refractivity (Wildman–Crippen MR) is 112 cm³/mol. The molecule has 2 heterocycles. The van der Waals surface area contributed by atoms with Crippen LogP contribution in [0.4, 0.5) is 5.13 Å². The number of furan rings is 1. The Balaban J connectivity index is 1.55. The molecule has 0 aliphatic heterocycles. The van der Waals surface area contributed by atoms with Crippen molar-refractivity contribution in [3.8, 4) is 17.2 Å². The summed E-state index contributed by atoms with van der Waals surface area (Å²) in [6.45, 7) is 6.51. The van der Waals surface area contributed by atoms with Crippen LogP contribution < -0.4 is 10.1 Å². The maximum atomic E-state index is 12.6. The molecule has 2 aromatic heterocycles. The quantitative estimate of drug-likeness (QED) is 0.464. The molecular weight excluding hydrogens is 372 g/mol. The SMILES string of the molecule is CCOc1ccc2oc(-c3csc(NC(=O)c4ccc(C)cc4C)n3)cc2c1. The molecular formula is C22H20N2O3S. The van der Waals surface area contributed by atoms with E-state index >= 15 is 0 Å². The summed E-state index contributed by atoms with van der Waals surface area (Å²) in [4.78, 5) is 17.1. The molecule has 0 fully saturated rings. The van der Waals surface area contributed by atoms with Gasteiger partial charge in [0.15, 0.2) is 10.9 Å². The van der Waals surface area contributed by atoms with Crippen LogP contribution in [0.2, 0.25) is 0 Å². The van der Waals surface area contributed by atoms with E-state index in [1.807, 2.05) is 68.6 Å². The van der Waals surface area contributed by atoms with Crippen LogP contribution in [0.5, 0.6) is 5.75 Å². The largest absolute Gasteiger partial charge is 0.494 e. The van der Waals surface area contributed by atoms with E-state index in [1.54, 1.807) is 0 Å². The van der Waals surface area contributed by atoms with Gasteiger partial charge in [0, 0.05) is 16.3 Å². The second kappa shape index (κ2) is 7.48. The van der Waals surface area contributed by atoms with Gasteiger partial charge in [0.05, 0.1) is 6.61 Å². The third-order valence-corrected chi connectivity index (χ3v) is 5.16. The van der Waals surface area contributed by atoms with Gasteiger partial charge in [-0.05, 0) is 56.7 Å². The Bertz CT molecular complexity index is 1160. The molecule has 2 aromatic carbocycles. The molecule has 6 heteroatoms. The lowest BCUT2D eigenvalue weighted by Crippen LogP contribution is -2.13. The predicted octanol–water partition coefficient (Wildman–Crippen LogP) is 5.82. The minimum atomic E-state index is -0.163. The van der Waals surface area contributed by atoms with E-state index in [4.69, 9.17) is 9.15 Å². The normalized spacial score (nSPS) is 11.0. The summed E-state index contributed by atoms with van der Waals surface area (Å²) in [5, 5.41) is 6.24. The Labute approximate surface area is 167 Å². The number of anilines is 1. The van der Waals surface area contributed by atoms with Gasteiger partial charge in [0.2, 0.25) is 0 Å². The number of fused-ring (bicyclic) bond motifs is 1. The van der Waals surface area contributed by atoms with Crippen molar-refractivity contribution in [2.75, 3.05) is 11.9 Å². The third-order valence-electron chi connectivity index (χ3n) is 4.40. The summed E-state index contributed by atoms with van der Waals surface area (Å²) < 4.78 is 11.4. The summed E-state index contributed by atoms with van der Waals surface area (Å²) in [7, 11) is 0. The first-order chi connectivity index (χ1) is 13.5. The minimum absolute atomic E-state index is 0.163. The van der Waals surface area contributed by atoms with Crippen LogP contribution in [0.15, 0.2) is 52.3 Å². The van der Waals surface area contributed by atoms with Gasteiger partial charge in [0.25, 0.3) is 5.91 Å². The highest BCUT2D eigenvalue weighted by molar-refractivity contribution is 7.14. The van der Waals surface area contributed by atoms with E-state index in [1.165, 1.54) is 11.3 Å². The van der Waals surface area contributed by atoms with Crippen molar-refractivity contribution >= 4 is 33.3 Å². The molecule has 0 aliphatic rings. The molecule has 0 saturated carbocycles. The number of hydrogen-bond donors (Lipinski definition) is 1. The standard InChI is InChI=1S/C22H20N2O3S/c1-4-26-16-6-8-19-15(10-16)11-20(27-19)18-12-28-22(23-18)24-21(25)17-7-5-13(2)9-14(17)3/h5-12H,4H2,1-3H3,(H,23,24,25). The molecule has 0 saturated heterocycles. The summed E-state index contributed by atoms with van der Waals surface area (Å²) in [6, 6.07) is 13.4. The number of nitrogens with one attached hydrogen (secondary N) is 1. The fourth-order valence-corrected chi connectivity index (χ4v) is 3.78. The van der Waals surface area contributed by atoms with Crippen LogP contribution in [0.1, 0.15) is 28.4 Å². The maximum absolute atomic E-state index is 12.6. The highest BCUT2D eigenvalue weighted by Crippen LogP contribution is 2.32. The van der Waals surface area contributed by atoms with Crippen LogP contribution in [0.3, 0.4) is 0 Å². The van der Waals surface area contributed by atoms with E-state index in [9.17, 15) is 4.79 Å². The van der Waals surface area contributed by atoms with Gasteiger partial charge in [-0.2, -0.15) is 0 Å². The van der Waals surface area contributed by atoms with E-state index in [-0.39, 0.29) is 5.91 Å². The number of benzene rings is 2. The lowest BCUT2D eigenvalue weighted by molar-refractivity contribution is 0.102.